The molecule has 2 heterocycles. The largest absolute Gasteiger partial charge is 0.338 e. The maximum atomic E-state index is 13.5. The van der Waals surface area contributed by atoms with Crippen molar-refractivity contribution < 1.29 is 13.6 Å². The fourth-order valence-electron chi connectivity index (χ4n) is 2.85. The van der Waals surface area contributed by atoms with E-state index < -0.39 is 17.5 Å². The Morgan fingerprint density at radius 2 is 1.84 bits per heavy atom. The minimum atomic E-state index is -0.656. The lowest BCUT2D eigenvalue weighted by molar-refractivity contribution is 0.0776. The summed E-state index contributed by atoms with van der Waals surface area (Å²) in [5.41, 5.74) is -0.164. The molecule has 0 aliphatic carbocycles. The van der Waals surface area contributed by atoms with Crippen LogP contribution >= 0.6 is 12.4 Å². The standard InChI is InChI=1S/C13H14F2N2O.ClH/c14-10-1-2-12(15)11(3-10)13(18)17-6-8-4-16-5-9(8)7-17;/h1-3,8-9,16H,4-7H2;1H/t8-,9+;. The summed E-state index contributed by atoms with van der Waals surface area (Å²) in [6.45, 7) is 3.07. The van der Waals surface area contributed by atoms with E-state index in [1.165, 1.54) is 0 Å². The Labute approximate surface area is 116 Å². The summed E-state index contributed by atoms with van der Waals surface area (Å²) < 4.78 is 26.6. The molecular weight excluding hydrogens is 274 g/mol. The van der Waals surface area contributed by atoms with Crippen molar-refractivity contribution in [2.24, 2.45) is 11.8 Å². The van der Waals surface area contributed by atoms with Crippen LogP contribution in [-0.2, 0) is 0 Å². The molecule has 1 aromatic rings. The molecule has 2 fully saturated rings. The first-order valence-corrected chi connectivity index (χ1v) is 6.10. The normalized spacial score (nSPS) is 25.1. The Bertz CT molecular complexity index is 486. The zero-order valence-corrected chi connectivity index (χ0v) is 11.1. The van der Waals surface area contributed by atoms with E-state index in [1.807, 2.05) is 0 Å². The van der Waals surface area contributed by atoms with Gasteiger partial charge in [0.15, 0.2) is 0 Å². The highest BCUT2D eigenvalue weighted by molar-refractivity contribution is 5.94. The first-order chi connectivity index (χ1) is 8.65. The van der Waals surface area contributed by atoms with Crippen LogP contribution in [0.5, 0.6) is 0 Å². The molecule has 2 atom stereocenters. The Balaban J connectivity index is 0.00000133. The number of hydrogen-bond donors (Lipinski definition) is 1. The lowest BCUT2D eigenvalue weighted by Crippen LogP contribution is -2.32. The second-order valence-corrected chi connectivity index (χ2v) is 5.01. The van der Waals surface area contributed by atoms with Crippen molar-refractivity contribution in [1.82, 2.24) is 10.2 Å². The summed E-state index contributed by atoms with van der Waals surface area (Å²) in [7, 11) is 0. The molecule has 104 valence electrons. The van der Waals surface area contributed by atoms with Crippen LogP contribution in [0.25, 0.3) is 0 Å². The summed E-state index contributed by atoms with van der Waals surface area (Å²) in [4.78, 5) is 13.8. The monoisotopic (exact) mass is 288 g/mol. The van der Waals surface area contributed by atoms with E-state index in [-0.39, 0.29) is 18.0 Å². The van der Waals surface area contributed by atoms with E-state index in [4.69, 9.17) is 0 Å². The Morgan fingerprint density at radius 3 is 2.47 bits per heavy atom. The lowest BCUT2D eigenvalue weighted by atomic mass is 10.0. The topological polar surface area (TPSA) is 32.3 Å². The molecule has 3 nitrogen and oxygen atoms in total. The number of benzene rings is 1. The zero-order chi connectivity index (χ0) is 12.7. The predicted octanol–water partition coefficient (Wildman–Crippen LogP) is 1.68. The van der Waals surface area contributed by atoms with Gasteiger partial charge in [-0.15, -0.1) is 12.4 Å². The Hall–Kier alpha value is -1.20. The van der Waals surface area contributed by atoms with Crippen LogP contribution in [0.15, 0.2) is 18.2 Å². The van der Waals surface area contributed by atoms with Crippen LogP contribution in [0.3, 0.4) is 0 Å². The number of amides is 1. The van der Waals surface area contributed by atoms with Gasteiger partial charge in [0, 0.05) is 26.2 Å². The van der Waals surface area contributed by atoms with E-state index in [1.54, 1.807) is 4.90 Å². The van der Waals surface area contributed by atoms with Crippen molar-refractivity contribution in [2.75, 3.05) is 26.2 Å². The predicted molar refractivity (Wildman–Crippen MR) is 69.4 cm³/mol. The van der Waals surface area contributed by atoms with Crippen molar-refractivity contribution in [1.29, 1.82) is 0 Å². The van der Waals surface area contributed by atoms with Gasteiger partial charge in [-0.05, 0) is 30.0 Å². The van der Waals surface area contributed by atoms with Gasteiger partial charge in [-0.1, -0.05) is 0 Å². The van der Waals surface area contributed by atoms with E-state index in [2.05, 4.69) is 5.32 Å². The van der Waals surface area contributed by atoms with Crippen molar-refractivity contribution in [3.05, 3.63) is 35.4 Å². The molecule has 0 saturated carbocycles. The van der Waals surface area contributed by atoms with Gasteiger partial charge in [0.05, 0.1) is 5.56 Å². The van der Waals surface area contributed by atoms with Crippen molar-refractivity contribution in [3.63, 3.8) is 0 Å². The fraction of sp³-hybridized carbons (Fsp3) is 0.462. The Kier molecular flexibility index (Phi) is 4.06. The number of fused-ring (bicyclic) bond motifs is 1. The molecule has 0 aromatic heterocycles. The van der Waals surface area contributed by atoms with Gasteiger partial charge in [0.2, 0.25) is 0 Å². The van der Waals surface area contributed by atoms with Gasteiger partial charge in [-0.3, -0.25) is 4.79 Å². The fourth-order valence-corrected chi connectivity index (χ4v) is 2.85. The molecule has 6 heteroatoms. The molecule has 3 rings (SSSR count). The quantitative estimate of drug-likeness (QED) is 0.853. The molecule has 2 aliphatic rings. The second-order valence-electron chi connectivity index (χ2n) is 5.01. The van der Waals surface area contributed by atoms with Crippen LogP contribution in [-0.4, -0.2) is 37.0 Å². The Morgan fingerprint density at radius 1 is 1.21 bits per heavy atom. The summed E-state index contributed by atoms with van der Waals surface area (Å²) in [6.07, 6.45) is 0. The average molecular weight is 289 g/mol. The van der Waals surface area contributed by atoms with Gasteiger partial charge in [0.1, 0.15) is 11.6 Å². The third-order valence-corrected chi connectivity index (χ3v) is 3.84. The van der Waals surface area contributed by atoms with Gasteiger partial charge in [0.25, 0.3) is 5.91 Å². The van der Waals surface area contributed by atoms with Crippen LogP contribution < -0.4 is 5.32 Å². The SMILES string of the molecule is Cl.O=C(c1cc(F)ccc1F)N1C[C@H]2CNC[C@H]2C1. The molecule has 0 bridgehead atoms. The molecular formula is C13H15ClF2N2O. The van der Waals surface area contributed by atoms with Crippen molar-refractivity contribution in [3.8, 4) is 0 Å². The first-order valence-electron chi connectivity index (χ1n) is 6.10. The van der Waals surface area contributed by atoms with Crippen LogP contribution in [0.2, 0.25) is 0 Å². The summed E-state index contributed by atoms with van der Waals surface area (Å²) in [5, 5.41) is 3.27. The minimum absolute atomic E-state index is 0. The molecule has 0 radical (unpaired) electrons. The molecule has 1 amide bonds. The third-order valence-electron chi connectivity index (χ3n) is 3.84. The summed E-state index contributed by atoms with van der Waals surface area (Å²) in [5.74, 6) is -0.741. The average Bonchev–Trinajstić information content (AvgIpc) is 2.91. The summed E-state index contributed by atoms with van der Waals surface area (Å²) in [6, 6.07) is 3.00. The number of likely N-dealkylation sites (tertiary alicyclic amines) is 1. The number of carbonyl (C=O) groups excluding carboxylic acids is 1. The van der Waals surface area contributed by atoms with Crippen LogP contribution in [0.1, 0.15) is 10.4 Å². The number of hydrogen-bond acceptors (Lipinski definition) is 2. The number of nitrogens with one attached hydrogen (secondary N) is 1. The number of nitrogens with zero attached hydrogens (tertiary/aromatic N) is 1. The number of halogens is 3. The molecule has 0 unspecified atom stereocenters. The molecule has 1 aromatic carbocycles. The van der Waals surface area contributed by atoms with E-state index >= 15 is 0 Å². The third kappa shape index (κ3) is 2.58. The minimum Gasteiger partial charge on any atom is -0.338 e. The second kappa shape index (κ2) is 5.43. The van der Waals surface area contributed by atoms with Gasteiger partial charge < -0.3 is 10.2 Å². The van der Waals surface area contributed by atoms with Crippen LogP contribution in [0, 0.1) is 23.5 Å². The van der Waals surface area contributed by atoms with Gasteiger partial charge in [-0.25, -0.2) is 8.78 Å². The molecule has 2 aliphatic heterocycles. The van der Waals surface area contributed by atoms with Crippen LogP contribution in [0.4, 0.5) is 8.78 Å². The molecule has 2 saturated heterocycles. The molecule has 1 N–H and O–H groups in total. The zero-order valence-electron chi connectivity index (χ0n) is 10.2. The maximum absolute atomic E-state index is 13.5. The summed E-state index contributed by atoms with van der Waals surface area (Å²) >= 11 is 0. The van der Waals surface area contributed by atoms with Crippen molar-refractivity contribution >= 4 is 18.3 Å². The highest BCUT2D eigenvalue weighted by Crippen LogP contribution is 2.27. The number of carbonyl (C=O) groups is 1. The van der Waals surface area contributed by atoms with E-state index in [9.17, 15) is 13.6 Å². The molecule has 0 spiro atoms. The van der Waals surface area contributed by atoms with Gasteiger partial charge >= 0.3 is 0 Å². The number of rotatable bonds is 1. The highest BCUT2D eigenvalue weighted by atomic mass is 35.5. The molecule has 19 heavy (non-hydrogen) atoms. The van der Waals surface area contributed by atoms with E-state index in [0.717, 1.165) is 31.3 Å². The maximum Gasteiger partial charge on any atom is 0.256 e. The highest BCUT2D eigenvalue weighted by Gasteiger charge is 2.38. The van der Waals surface area contributed by atoms with E-state index in [0.29, 0.717) is 24.9 Å². The lowest BCUT2D eigenvalue weighted by Gasteiger charge is -2.17. The first kappa shape index (κ1) is 14.2. The van der Waals surface area contributed by atoms with Crippen molar-refractivity contribution in [2.45, 2.75) is 0 Å². The van der Waals surface area contributed by atoms with Gasteiger partial charge in [-0.2, -0.15) is 0 Å². The smallest absolute Gasteiger partial charge is 0.256 e.